The molecule has 0 amide bonds. The highest BCUT2D eigenvalue weighted by Gasteiger charge is 2.41. The SMILES string of the molecule is c1ccc(-c2cc(-n3c4ccccc4c4ccccc43)nc(-c3cccc(-c4ccccc4-c4nc(-c5ccccc5)nc(-c5cccc([Si](c6ccccc6)(c6ccccc6)c6ccccc6)c5)n4)c3)n2)cc1. The van der Waals surface area contributed by atoms with Crippen LogP contribution in [-0.4, -0.2) is 37.6 Å². The van der Waals surface area contributed by atoms with Crippen molar-refractivity contribution >= 4 is 50.6 Å². The van der Waals surface area contributed by atoms with Crippen LogP contribution < -0.4 is 20.7 Å². The number of nitrogens with zero attached hydrogens (tertiary/aromatic N) is 6. The summed E-state index contributed by atoms with van der Waals surface area (Å²) in [5.74, 6) is 3.19. The van der Waals surface area contributed by atoms with Crippen molar-refractivity contribution < 1.29 is 0 Å². The zero-order chi connectivity index (χ0) is 49.3. The van der Waals surface area contributed by atoms with Gasteiger partial charge in [-0.25, -0.2) is 24.9 Å². The molecule has 0 fully saturated rings. The first-order valence-corrected chi connectivity index (χ1v) is 26.9. The molecule has 6 nitrogen and oxygen atoms in total. The molecule has 0 saturated carbocycles. The summed E-state index contributed by atoms with van der Waals surface area (Å²) >= 11 is 0. The van der Waals surface area contributed by atoms with Gasteiger partial charge in [0.2, 0.25) is 0 Å². The van der Waals surface area contributed by atoms with Crippen LogP contribution in [0.3, 0.4) is 0 Å². The van der Waals surface area contributed by atoms with Crippen molar-refractivity contribution in [1.29, 1.82) is 0 Å². The summed E-state index contributed by atoms with van der Waals surface area (Å²) in [4.78, 5) is 26.6. The molecule has 0 radical (unpaired) electrons. The second-order valence-corrected chi connectivity index (χ2v) is 22.2. The quantitative estimate of drug-likeness (QED) is 0.0954. The van der Waals surface area contributed by atoms with Gasteiger partial charge in [-0.15, -0.1) is 0 Å². The van der Waals surface area contributed by atoms with Gasteiger partial charge in [-0.05, 0) is 50.1 Å². The van der Waals surface area contributed by atoms with E-state index >= 15 is 0 Å². The van der Waals surface area contributed by atoms with Crippen molar-refractivity contribution in [3.05, 3.63) is 279 Å². The van der Waals surface area contributed by atoms with E-state index in [1.54, 1.807) is 0 Å². The van der Waals surface area contributed by atoms with Gasteiger partial charge in [0.15, 0.2) is 31.4 Å². The molecule has 0 aliphatic rings. The Kier molecular flexibility index (Phi) is 11.5. The van der Waals surface area contributed by atoms with E-state index in [4.69, 9.17) is 24.9 Å². The lowest BCUT2D eigenvalue weighted by Crippen LogP contribution is -2.74. The average Bonchev–Trinajstić information content (AvgIpc) is 3.84. The fourth-order valence-electron chi connectivity index (χ4n) is 10.7. The maximum Gasteiger partial charge on any atom is 0.179 e. The van der Waals surface area contributed by atoms with Crippen LogP contribution in [0.1, 0.15) is 0 Å². The maximum absolute atomic E-state index is 5.41. The zero-order valence-corrected chi connectivity index (χ0v) is 41.2. The summed E-state index contributed by atoms with van der Waals surface area (Å²) < 4.78 is 2.26. The van der Waals surface area contributed by atoms with E-state index in [1.807, 2.05) is 24.3 Å². The lowest BCUT2D eigenvalue weighted by molar-refractivity contribution is 1.05. The molecular weight excluding hydrogens is 917 g/mol. The van der Waals surface area contributed by atoms with E-state index in [0.717, 1.165) is 61.5 Å². The molecule has 0 spiro atoms. The van der Waals surface area contributed by atoms with Crippen molar-refractivity contribution in [1.82, 2.24) is 29.5 Å². The highest BCUT2D eigenvalue weighted by molar-refractivity contribution is 7.19. The molecule has 0 saturated heterocycles. The van der Waals surface area contributed by atoms with Gasteiger partial charge in [0.1, 0.15) is 5.82 Å². The molecule has 74 heavy (non-hydrogen) atoms. The van der Waals surface area contributed by atoms with Crippen LogP contribution in [-0.2, 0) is 0 Å². The number of fused-ring (bicyclic) bond motifs is 3. The van der Waals surface area contributed by atoms with Crippen molar-refractivity contribution in [2.75, 3.05) is 0 Å². The van der Waals surface area contributed by atoms with Gasteiger partial charge in [0.05, 0.1) is 16.7 Å². The molecule has 13 aromatic rings. The second-order valence-electron chi connectivity index (χ2n) is 18.4. The normalized spacial score (nSPS) is 11.5. The number of benzene rings is 10. The fourth-order valence-corrected chi connectivity index (χ4v) is 15.5. The van der Waals surface area contributed by atoms with Crippen molar-refractivity contribution in [2.24, 2.45) is 0 Å². The van der Waals surface area contributed by atoms with E-state index in [-0.39, 0.29) is 0 Å². The molecule has 10 aromatic carbocycles. The number of hydrogen-bond donors (Lipinski definition) is 0. The average molecular weight is 963 g/mol. The molecule has 0 atom stereocenters. The van der Waals surface area contributed by atoms with Crippen molar-refractivity contribution in [2.45, 2.75) is 0 Å². The monoisotopic (exact) mass is 962 g/mol. The third-order valence-corrected chi connectivity index (χ3v) is 18.8. The number of aromatic nitrogens is 6. The molecule has 0 aliphatic heterocycles. The Morgan fingerprint density at radius 3 is 1.26 bits per heavy atom. The predicted molar refractivity (Wildman–Crippen MR) is 306 cm³/mol. The van der Waals surface area contributed by atoms with Gasteiger partial charge in [0, 0.05) is 44.7 Å². The van der Waals surface area contributed by atoms with Gasteiger partial charge in [0.25, 0.3) is 0 Å². The summed E-state index contributed by atoms with van der Waals surface area (Å²) in [7, 11) is -2.86. The van der Waals surface area contributed by atoms with Gasteiger partial charge in [-0.3, -0.25) is 4.57 Å². The van der Waals surface area contributed by atoms with Crippen LogP contribution in [0.4, 0.5) is 0 Å². The predicted octanol–water partition coefficient (Wildman–Crippen LogP) is 13.1. The molecule has 7 heteroatoms. The molecule has 3 heterocycles. The third-order valence-electron chi connectivity index (χ3n) is 14.0. The fraction of sp³-hybridized carbons (Fsp3) is 0. The molecule has 13 rings (SSSR count). The largest absolute Gasteiger partial charge is 0.294 e. The van der Waals surface area contributed by atoms with E-state index in [1.165, 1.54) is 31.5 Å². The molecule has 348 valence electrons. The first-order valence-electron chi connectivity index (χ1n) is 24.9. The Hall–Kier alpha value is -9.69. The minimum atomic E-state index is -2.86. The third kappa shape index (κ3) is 7.98. The van der Waals surface area contributed by atoms with Gasteiger partial charge in [-0.2, -0.15) is 0 Å². The van der Waals surface area contributed by atoms with Crippen LogP contribution >= 0.6 is 0 Å². The lowest BCUT2D eigenvalue weighted by Gasteiger charge is -2.34. The molecule has 0 unspecified atom stereocenters. The topological polar surface area (TPSA) is 69.4 Å². The smallest absolute Gasteiger partial charge is 0.179 e. The second kappa shape index (κ2) is 19.1. The van der Waals surface area contributed by atoms with E-state index in [0.29, 0.717) is 23.3 Å². The first-order chi connectivity index (χ1) is 36.7. The summed E-state index contributed by atoms with van der Waals surface area (Å²) in [6, 6.07) is 98.4. The first kappa shape index (κ1) is 44.3. The molecule has 3 aromatic heterocycles. The van der Waals surface area contributed by atoms with E-state index in [2.05, 4.69) is 259 Å². The Morgan fingerprint density at radius 2 is 0.662 bits per heavy atom. The highest BCUT2D eigenvalue weighted by atomic mass is 28.3. The van der Waals surface area contributed by atoms with Gasteiger partial charge >= 0.3 is 0 Å². The molecular formula is C67H46N6Si. The maximum atomic E-state index is 5.41. The summed E-state index contributed by atoms with van der Waals surface area (Å²) in [5, 5.41) is 7.48. The minimum Gasteiger partial charge on any atom is -0.294 e. The van der Waals surface area contributed by atoms with Crippen LogP contribution in [0.5, 0.6) is 0 Å². The van der Waals surface area contributed by atoms with Crippen LogP contribution in [0.25, 0.3) is 95.6 Å². The van der Waals surface area contributed by atoms with Crippen molar-refractivity contribution in [3.63, 3.8) is 0 Å². The van der Waals surface area contributed by atoms with Crippen LogP contribution in [0, 0.1) is 0 Å². The zero-order valence-electron chi connectivity index (χ0n) is 40.2. The van der Waals surface area contributed by atoms with Crippen LogP contribution in [0.2, 0.25) is 0 Å². The van der Waals surface area contributed by atoms with E-state index < -0.39 is 8.07 Å². The summed E-state index contributed by atoms with van der Waals surface area (Å²) in [5.41, 5.74) is 9.58. The molecule has 0 N–H and O–H groups in total. The summed E-state index contributed by atoms with van der Waals surface area (Å²) in [6.45, 7) is 0. The summed E-state index contributed by atoms with van der Waals surface area (Å²) in [6.07, 6.45) is 0. The molecule has 0 bridgehead atoms. The van der Waals surface area contributed by atoms with Crippen LogP contribution in [0.15, 0.2) is 279 Å². The highest BCUT2D eigenvalue weighted by Crippen LogP contribution is 2.37. The molecule has 0 aliphatic carbocycles. The Morgan fingerprint density at radius 1 is 0.257 bits per heavy atom. The lowest BCUT2D eigenvalue weighted by atomic mass is 9.97. The number of rotatable bonds is 11. The Balaban J connectivity index is 0.966. The number of hydrogen-bond acceptors (Lipinski definition) is 5. The number of para-hydroxylation sites is 2. The van der Waals surface area contributed by atoms with Crippen molar-refractivity contribution in [3.8, 4) is 73.8 Å². The Bertz CT molecular complexity index is 3980. The Labute approximate surface area is 430 Å². The minimum absolute atomic E-state index is 0.578. The van der Waals surface area contributed by atoms with Gasteiger partial charge in [-0.1, -0.05) is 255 Å². The standard InChI is InChI=1S/C67H46N6Si/c1-6-24-47(25-7-1)60-46-63(73-61-42-20-18-39-57(61)58-40-19-21-43-62(58)73)69-65(68-60)50-29-22-28-49(44-50)56-38-16-17-41-59(56)67-71-64(48-26-8-2-9-27-48)70-66(72-67)51-30-23-37-55(45-51)74(52-31-10-3-11-32-52,53-33-12-4-13-34-53)54-35-14-5-15-36-54/h1-46H. The van der Waals surface area contributed by atoms with Gasteiger partial charge < -0.3 is 0 Å². The van der Waals surface area contributed by atoms with E-state index in [9.17, 15) is 0 Å².